The number of aliphatic hydroxyl groups is 1. The Morgan fingerprint density at radius 3 is 2.73 bits per heavy atom. The summed E-state index contributed by atoms with van der Waals surface area (Å²) < 4.78 is 5.19. The lowest BCUT2D eigenvalue weighted by Gasteiger charge is -2.18. The Bertz CT molecular complexity index is 340. The summed E-state index contributed by atoms with van der Waals surface area (Å²) in [6.07, 6.45) is 3.04. The van der Waals surface area contributed by atoms with E-state index >= 15 is 0 Å². The normalized spacial score (nSPS) is 19.7. The summed E-state index contributed by atoms with van der Waals surface area (Å²) in [5, 5.41) is 9.70. The molecule has 1 aliphatic carbocycles. The maximum Gasteiger partial charge on any atom is 0.119 e. The smallest absolute Gasteiger partial charge is 0.119 e. The molecule has 0 bridgehead atoms. The van der Waals surface area contributed by atoms with Crippen LogP contribution in [0.2, 0.25) is 0 Å². The first-order chi connectivity index (χ1) is 7.16. The van der Waals surface area contributed by atoms with Gasteiger partial charge >= 0.3 is 0 Å². The Labute approximate surface area is 90.9 Å². The summed E-state index contributed by atoms with van der Waals surface area (Å²) in [5.74, 6) is 0.897. The average Bonchev–Trinajstić information content (AvgIpc) is 2.99. The van der Waals surface area contributed by atoms with Crippen LogP contribution in [-0.4, -0.2) is 18.3 Å². The van der Waals surface area contributed by atoms with Crippen molar-refractivity contribution in [2.45, 2.75) is 32.3 Å². The summed E-state index contributed by atoms with van der Waals surface area (Å²) in [6, 6.07) is 8.12. The van der Waals surface area contributed by atoms with Gasteiger partial charge in [0.25, 0.3) is 0 Å². The Morgan fingerprint density at radius 2 is 2.20 bits per heavy atom. The van der Waals surface area contributed by atoms with E-state index in [1.807, 2.05) is 19.1 Å². The molecule has 1 N–H and O–H groups in total. The van der Waals surface area contributed by atoms with E-state index in [-0.39, 0.29) is 11.5 Å². The molecular formula is C13H18O2. The first kappa shape index (κ1) is 10.5. The second-order valence-corrected chi connectivity index (χ2v) is 4.57. The lowest BCUT2D eigenvalue weighted by atomic mass is 9.92. The van der Waals surface area contributed by atoms with Gasteiger partial charge in [0.15, 0.2) is 0 Å². The Balaban J connectivity index is 2.11. The maximum atomic E-state index is 9.70. The lowest BCUT2D eigenvalue weighted by Crippen LogP contribution is -2.20. The molecule has 0 saturated heterocycles. The number of rotatable bonds is 4. The Morgan fingerprint density at radius 1 is 1.47 bits per heavy atom. The molecule has 0 spiro atoms. The largest absolute Gasteiger partial charge is 0.497 e. The molecule has 1 unspecified atom stereocenters. The van der Waals surface area contributed by atoms with Crippen molar-refractivity contribution in [3.8, 4) is 5.75 Å². The van der Waals surface area contributed by atoms with Crippen molar-refractivity contribution in [1.29, 1.82) is 0 Å². The van der Waals surface area contributed by atoms with Gasteiger partial charge in [0, 0.05) is 5.41 Å². The third-order valence-corrected chi connectivity index (χ3v) is 3.47. The van der Waals surface area contributed by atoms with E-state index in [2.05, 4.69) is 12.1 Å². The van der Waals surface area contributed by atoms with Crippen LogP contribution in [-0.2, 0) is 6.42 Å². The molecule has 0 heterocycles. The standard InChI is InChI=1S/C13H18O2/c1-10(14)13(6-7-13)9-11-4-3-5-12(8-11)15-2/h3-5,8,10,14H,6-7,9H2,1-2H3. The monoisotopic (exact) mass is 206 g/mol. The van der Waals surface area contributed by atoms with Crippen LogP contribution in [0.5, 0.6) is 5.75 Å². The van der Waals surface area contributed by atoms with E-state index in [1.54, 1.807) is 7.11 Å². The molecule has 2 nitrogen and oxygen atoms in total. The third-order valence-electron chi connectivity index (χ3n) is 3.47. The predicted molar refractivity (Wildman–Crippen MR) is 60.0 cm³/mol. The fourth-order valence-corrected chi connectivity index (χ4v) is 2.09. The Kier molecular flexibility index (Phi) is 2.70. The molecule has 15 heavy (non-hydrogen) atoms. The van der Waals surface area contributed by atoms with Gasteiger partial charge in [0.2, 0.25) is 0 Å². The zero-order valence-corrected chi connectivity index (χ0v) is 9.36. The lowest BCUT2D eigenvalue weighted by molar-refractivity contribution is 0.110. The highest BCUT2D eigenvalue weighted by Gasteiger charge is 2.46. The van der Waals surface area contributed by atoms with E-state index in [4.69, 9.17) is 4.74 Å². The molecule has 1 fully saturated rings. The van der Waals surface area contributed by atoms with Crippen molar-refractivity contribution >= 4 is 0 Å². The molecule has 0 aromatic heterocycles. The fraction of sp³-hybridized carbons (Fsp3) is 0.538. The van der Waals surface area contributed by atoms with Crippen LogP contribution in [0.4, 0.5) is 0 Å². The first-order valence-electron chi connectivity index (χ1n) is 5.47. The molecule has 1 aromatic carbocycles. The van der Waals surface area contributed by atoms with Gasteiger partial charge < -0.3 is 9.84 Å². The summed E-state index contributed by atoms with van der Waals surface area (Å²) >= 11 is 0. The van der Waals surface area contributed by atoms with Gasteiger partial charge in [-0.05, 0) is 43.9 Å². The summed E-state index contributed by atoms with van der Waals surface area (Å²) in [4.78, 5) is 0. The molecule has 1 aliphatic rings. The van der Waals surface area contributed by atoms with Crippen LogP contribution in [0.1, 0.15) is 25.3 Å². The van der Waals surface area contributed by atoms with Crippen molar-refractivity contribution in [3.63, 3.8) is 0 Å². The van der Waals surface area contributed by atoms with E-state index in [1.165, 1.54) is 5.56 Å². The molecule has 0 radical (unpaired) electrons. The third kappa shape index (κ3) is 2.15. The molecule has 1 atom stereocenters. The summed E-state index contributed by atoms with van der Waals surface area (Å²) in [5.41, 5.74) is 1.40. The van der Waals surface area contributed by atoms with Gasteiger partial charge in [-0.1, -0.05) is 12.1 Å². The predicted octanol–water partition coefficient (Wildman–Crippen LogP) is 2.40. The number of hydrogen-bond acceptors (Lipinski definition) is 2. The highest BCUT2D eigenvalue weighted by Crippen LogP contribution is 2.51. The minimum absolute atomic E-state index is 0.145. The van der Waals surface area contributed by atoms with Gasteiger partial charge in [-0.15, -0.1) is 0 Å². The van der Waals surface area contributed by atoms with Crippen molar-refractivity contribution in [1.82, 2.24) is 0 Å². The van der Waals surface area contributed by atoms with E-state index in [9.17, 15) is 5.11 Å². The van der Waals surface area contributed by atoms with Crippen molar-refractivity contribution in [2.24, 2.45) is 5.41 Å². The summed E-state index contributed by atoms with van der Waals surface area (Å²) in [6.45, 7) is 1.90. The van der Waals surface area contributed by atoms with E-state index in [0.29, 0.717) is 0 Å². The summed E-state index contributed by atoms with van der Waals surface area (Å²) in [7, 11) is 1.68. The number of benzene rings is 1. The quantitative estimate of drug-likeness (QED) is 0.819. The van der Waals surface area contributed by atoms with Crippen LogP contribution in [0.25, 0.3) is 0 Å². The number of ether oxygens (including phenoxy) is 1. The molecule has 0 aliphatic heterocycles. The van der Waals surface area contributed by atoms with E-state index < -0.39 is 0 Å². The van der Waals surface area contributed by atoms with Gasteiger partial charge in [-0.3, -0.25) is 0 Å². The van der Waals surface area contributed by atoms with Crippen LogP contribution < -0.4 is 4.74 Å². The van der Waals surface area contributed by atoms with Crippen LogP contribution in [0.3, 0.4) is 0 Å². The SMILES string of the molecule is COc1cccc(CC2(C(C)O)CC2)c1. The first-order valence-corrected chi connectivity index (χ1v) is 5.47. The molecule has 2 rings (SSSR count). The molecular weight excluding hydrogens is 188 g/mol. The molecule has 1 aromatic rings. The topological polar surface area (TPSA) is 29.5 Å². The second kappa shape index (κ2) is 3.86. The van der Waals surface area contributed by atoms with E-state index in [0.717, 1.165) is 25.0 Å². The average molecular weight is 206 g/mol. The zero-order valence-electron chi connectivity index (χ0n) is 9.36. The zero-order chi connectivity index (χ0) is 10.9. The second-order valence-electron chi connectivity index (χ2n) is 4.57. The highest BCUT2D eigenvalue weighted by molar-refractivity contribution is 5.30. The molecule has 2 heteroatoms. The minimum atomic E-state index is -0.205. The number of methoxy groups -OCH3 is 1. The van der Waals surface area contributed by atoms with Crippen LogP contribution >= 0.6 is 0 Å². The van der Waals surface area contributed by atoms with Crippen molar-refractivity contribution in [3.05, 3.63) is 29.8 Å². The maximum absolute atomic E-state index is 9.70. The van der Waals surface area contributed by atoms with Crippen LogP contribution in [0.15, 0.2) is 24.3 Å². The van der Waals surface area contributed by atoms with Crippen molar-refractivity contribution in [2.75, 3.05) is 7.11 Å². The molecule has 82 valence electrons. The Hall–Kier alpha value is -1.02. The fourth-order valence-electron chi connectivity index (χ4n) is 2.09. The minimum Gasteiger partial charge on any atom is -0.497 e. The molecule has 0 amide bonds. The number of aliphatic hydroxyl groups excluding tert-OH is 1. The highest BCUT2D eigenvalue weighted by atomic mass is 16.5. The van der Waals surface area contributed by atoms with Gasteiger partial charge in [-0.2, -0.15) is 0 Å². The van der Waals surface area contributed by atoms with Gasteiger partial charge in [-0.25, -0.2) is 0 Å². The van der Waals surface area contributed by atoms with Crippen molar-refractivity contribution < 1.29 is 9.84 Å². The van der Waals surface area contributed by atoms with Gasteiger partial charge in [0.1, 0.15) is 5.75 Å². The van der Waals surface area contributed by atoms with Crippen LogP contribution in [0, 0.1) is 5.41 Å². The molecule has 1 saturated carbocycles. The van der Waals surface area contributed by atoms with Gasteiger partial charge in [0.05, 0.1) is 13.2 Å². The number of hydrogen-bond donors (Lipinski definition) is 1.